The second kappa shape index (κ2) is 6.50. The van der Waals surface area contributed by atoms with Gasteiger partial charge in [-0.15, -0.1) is 0 Å². The van der Waals surface area contributed by atoms with E-state index in [0.29, 0.717) is 15.6 Å². The quantitative estimate of drug-likeness (QED) is 0.875. The molecule has 0 saturated carbocycles. The van der Waals surface area contributed by atoms with Crippen molar-refractivity contribution in [2.45, 2.75) is 0 Å². The number of carbonyl (C=O) groups is 2. The third-order valence-corrected chi connectivity index (χ3v) is 4.01. The summed E-state index contributed by atoms with van der Waals surface area (Å²) >= 11 is 1.17. The zero-order valence-electron chi connectivity index (χ0n) is 11.9. The van der Waals surface area contributed by atoms with Gasteiger partial charge in [-0.25, -0.2) is 4.99 Å². The fourth-order valence-corrected chi connectivity index (χ4v) is 2.88. The molecule has 2 aromatic carbocycles. The smallest absolute Gasteiger partial charge is 0.264 e. The molecule has 0 unspecified atom stereocenters. The van der Waals surface area contributed by atoms with Crippen LogP contribution in [-0.4, -0.2) is 17.0 Å². The molecule has 1 N–H and O–H groups in total. The van der Waals surface area contributed by atoms with Crippen LogP contribution in [-0.2, 0) is 4.79 Å². The highest BCUT2D eigenvalue weighted by atomic mass is 32.2. The molecule has 3 rings (SSSR count). The van der Waals surface area contributed by atoms with Gasteiger partial charge in [0.15, 0.2) is 5.17 Å². The van der Waals surface area contributed by atoms with Crippen molar-refractivity contribution in [1.29, 1.82) is 0 Å². The first-order valence-corrected chi connectivity index (χ1v) is 7.60. The minimum absolute atomic E-state index is 0.0434. The predicted octanol–water partition coefficient (Wildman–Crippen LogP) is 1.94. The van der Waals surface area contributed by atoms with Crippen LogP contribution in [0.1, 0.15) is 15.9 Å². The van der Waals surface area contributed by atoms with Crippen LogP contribution in [0.25, 0.3) is 6.08 Å². The number of amides is 1. The van der Waals surface area contributed by atoms with Gasteiger partial charge in [-0.2, -0.15) is 0 Å². The first-order valence-electron chi connectivity index (χ1n) is 6.78. The third kappa shape index (κ3) is 3.49. The highest BCUT2D eigenvalue weighted by Crippen LogP contribution is 2.28. The zero-order chi connectivity index (χ0) is 16.2. The summed E-state index contributed by atoms with van der Waals surface area (Å²) in [7, 11) is 0. The number of benzene rings is 2. The van der Waals surface area contributed by atoms with Crippen molar-refractivity contribution in [1.82, 2.24) is 5.32 Å². The molecule has 0 spiro atoms. The number of carboxylic acids is 1. The molecular formula is C17H11N2O3S-. The number of para-hydroxylation sites is 1. The van der Waals surface area contributed by atoms with Crippen LogP contribution in [0.15, 0.2) is 64.5 Å². The van der Waals surface area contributed by atoms with Gasteiger partial charge in [0.1, 0.15) is 0 Å². The highest BCUT2D eigenvalue weighted by molar-refractivity contribution is 8.18. The van der Waals surface area contributed by atoms with Crippen molar-refractivity contribution in [2.75, 3.05) is 0 Å². The lowest BCUT2D eigenvalue weighted by Crippen LogP contribution is -2.23. The van der Waals surface area contributed by atoms with Gasteiger partial charge in [0.2, 0.25) is 0 Å². The Morgan fingerprint density at radius 3 is 2.52 bits per heavy atom. The maximum absolute atomic E-state index is 12.0. The number of hydrogen-bond donors (Lipinski definition) is 1. The van der Waals surface area contributed by atoms with Gasteiger partial charge in [0.25, 0.3) is 5.91 Å². The molecule has 114 valence electrons. The van der Waals surface area contributed by atoms with E-state index in [4.69, 9.17) is 0 Å². The van der Waals surface area contributed by atoms with Crippen LogP contribution in [0.5, 0.6) is 0 Å². The number of carboxylic acid groups (broad SMARTS) is 1. The number of rotatable bonds is 3. The number of nitrogens with one attached hydrogen (secondary N) is 1. The molecule has 0 aliphatic carbocycles. The van der Waals surface area contributed by atoms with E-state index in [0.717, 1.165) is 5.69 Å². The summed E-state index contributed by atoms with van der Waals surface area (Å²) < 4.78 is 0. The molecule has 1 aliphatic heterocycles. The Bertz CT molecular complexity index is 829. The molecule has 6 heteroatoms. The van der Waals surface area contributed by atoms with E-state index >= 15 is 0 Å². The van der Waals surface area contributed by atoms with Crippen molar-refractivity contribution < 1.29 is 14.7 Å². The Labute approximate surface area is 136 Å². The van der Waals surface area contributed by atoms with E-state index in [1.807, 2.05) is 30.3 Å². The molecule has 0 atom stereocenters. The lowest BCUT2D eigenvalue weighted by atomic mass is 10.1. The standard InChI is InChI=1S/C17H12N2O3S/c20-15-14(10-11-6-4-5-9-13(11)16(21)22)23-17(19-15)18-12-7-2-1-3-8-12/h1-10H,(H,21,22)(H,18,19,20)/p-1/b14-10+. The second-order valence-electron chi connectivity index (χ2n) is 4.69. The van der Waals surface area contributed by atoms with Crippen molar-refractivity contribution in [3.8, 4) is 0 Å². The molecule has 1 heterocycles. The third-order valence-electron chi connectivity index (χ3n) is 3.11. The Kier molecular flexibility index (Phi) is 4.25. The molecule has 23 heavy (non-hydrogen) atoms. The molecule has 0 aromatic heterocycles. The van der Waals surface area contributed by atoms with E-state index in [1.165, 1.54) is 23.9 Å². The van der Waals surface area contributed by atoms with E-state index in [9.17, 15) is 14.7 Å². The van der Waals surface area contributed by atoms with E-state index in [-0.39, 0.29) is 11.5 Å². The van der Waals surface area contributed by atoms with E-state index in [1.54, 1.807) is 18.2 Å². The van der Waals surface area contributed by atoms with Crippen LogP contribution in [0.3, 0.4) is 0 Å². The van der Waals surface area contributed by atoms with E-state index < -0.39 is 5.97 Å². The molecule has 0 radical (unpaired) electrons. The van der Waals surface area contributed by atoms with Crippen LogP contribution in [0.4, 0.5) is 5.69 Å². The SMILES string of the molecule is O=C1NC(=Nc2ccccc2)S/C1=C/c1ccccc1C(=O)[O-]. The van der Waals surface area contributed by atoms with Crippen LogP contribution in [0, 0.1) is 0 Å². The second-order valence-corrected chi connectivity index (χ2v) is 5.72. The fourth-order valence-electron chi connectivity index (χ4n) is 2.05. The zero-order valence-corrected chi connectivity index (χ0v) is 12.7. The largest absolute Gasteiger partial charge is 0.545 e. The molecule has 5 nitrogen and oxygen atoms in total. The summed E-state index contributed by atoms with van der Waals surface area (Å²) in [5.74, 6) is -1.59. The highest BCUT2D eigenvalue weighted by Gasteiger charge is 2.24. The molecular weight excluding hydrogens is 312 g/mol. The fraction of sp³-hybridized carbons (Fsp3) is 0. The molecule has 1 aliphatic rings. The molecule has 1 saturated heterocycles. The summed E-state index contributed by atoms with van der Waals surface area (Å²) in [6.07, 6.45) is 1.53. The normalized spacial score (nSPS) is 17.5. The first kappa shape index (κ1) is 15.1. The number of nitrogens with zero attached hydrogens (tertiary/aromatic N) is 1. The van der Waals surface area contributed by atoms with Crippen LogP contribution >= 0.6 is 11.8 Å². The Balaban J connectivity index is 1.89. The van der Waals surface area contributed by atoms with Gasteiger partial charge >= 0.3 is 0 Å². The van der Waals surface area contributed by atoms with Crippen molar-refractivity contribution in [3.63, 3.8) is 0 Å². The maximum Gasteiger partial charge on any atom is 0.264 e. The van der Waals surface area contributed by atoms with E-state index in [2.05, 4.69) is 10.3 Å². The van der Waals surface area contributed by atoms with Crippen molar-refractivity contribution >= 4 is 40.6 Å². The minimum Gasteiger partial charge on any atom is -0.545 e. The van der Waals surface area contributed by atoms with Gasteiger partial charge in [-0.3, -0.25) is 4.79 Å². The molecule has 1 fully saturated rings. The van der Waals surface area contributed by atoms with Crippen LogP contribution < -0.4 is 10.4 Å². The first-order chi connectivity index (χ1) is 11.1. The molecule has 1 amide bonds. The van der Waals surface area contributed by atoms with Crippen LogP contribution in [0.2, 0.25) is 0 Å². The average molecular weight is 323 g/mol. The Morgan fingerprint density at radius 2 is 1.78 bits per heavy atom. The van der Waals surface area contributed by atoms with Gasteiger partial charge in [0.05, 0.1) is 16.6 Å². The maximum atomic E-state index is 12.0. The average Bonchev–Trinajstić information content (AvgIpc) is 2.88. The topological polar surface area (TPSA) is 81.6 Å². The Hall–Kier alpha value is -2.86. The van der Waals surface area contributed by atoms with Gasteiger partial charge in [-0.1, -0.05) is 42.5 Å². The summed E-state index contributed by atoms with van der Waals surface area (Å²) in [6, 6.07) is 15.6. The number of aromatic carboxylic acids is 1. The van der Waals surface area contributed by atoms with Gasteiger partial charge < -0.3 is 15.2 Å². The van der Waals surface area contributed by atoms with Gasteiger partial charge in [0, 0.05) is 5.56 Å². The van der Waals surface area contributed by atoms with Crippen molar-refractivity contribution in [2.24, 2.45) is 4.99 Å². The monoisotopic (exact) mass is 323 g/mol. The summed E-state index contributed by atoms with van der Waals surface area (Å²) in [5.41, 5.74) is 1.19. The van der Waals surface area contributed by atoms with Crippen molar-refractivity contribution in [3.05, 3.63) is 70.6 Å². The summed E-state index contributed by atoms with van der Waals surface area (Å²) in [4.78, 5) is 27.8. The molecule has 0 bridgehead atoms. The number of amidine groups is 1. The summed E-state index contributed by atoms with van der Waals surface area (Å²) in [5, 5.41) is 14.2. The number of carbonyl (C=O) groups excluding carboxylic acids is 2. The Morgan fingerprint density at radius 1 is 1.09 bits per heavy atom. The number of hydrogen-bond acceptors (Lipinski definition) is 5. The minimum atomic E-state index is -1.28. The lowest BCUT2D eigenvalue weighted by molar-refractivity contribution is -0.255. The van der Waals surface area contributed by atoms with Gasteiger partial charge in [-0.05, 0) is 35.5 Å². The summed E-state index contributed by atoms with van der Waals surface area (Å²) in [6.45, 7) is 0. The predicted molar refractivity (Wildman–Crippen MR) is 88.0 cm³/mol. The number of thioether (sulfide) groups is 1. The number of aliphatic imine (C=N–C) groups is 1. The molecule has 2 aromatic rings. The lowest BCUT2D eigenvalue weighted by Gasteiger charge is -2.06.